The van der Waals surface area contributed by atoms with E-state index in [9.17, 15) is 0 Å². The smallest absolute Gasteiger partial charge is 0.0727 e. The van der Waals surface area contributed by atoms with Crippen molar-refractivity contribution < 1.29 is 0 Å². The number of benzene rings is 22. The summed E-state index contributed by atoms with van der Waals surface area (Å²) in [5, 5.41) is 0. The highest BCUT2D eigenvalue weighted by Crippen LogP contribution is 2.65. The van der Waals surface area contributed by atoms with Crippen molar-refractivity contribution in [1.82, 2.24) is 0 Å². The van der Waals surface area contributed by atoms with Crippen LogP contribution < -0.4 is 19.6 Å². The SMILES string of the molecule is CC1(C)c2ccccc2-c2ccc(N(c3ccc(-c4ccccc4)cc3)c3ccc(-c4ccc(N(c5ccc(-c6ccc(-c7cccc(-c8ccc(N(c9ccc(-c%10ccccc%10)cc9)c9ccc%10c(c9)C9(c%11ccccc%11-c%11ccccc%119)c9cc(N(c%11ccccc%11)c%11ccc(-c%12ccc(-c%13ccccc%13)cc%12)cc%11)ccc9-%10)cc8)c7)cc6)cc5)c5ccc6c(c5)C(C)(C)c5ccccc5-6)cc4)cc3)cc21. The van der Waals surface area contributed by atoms with E-state index in [4.69, 9.17) is 0 Å². The Kier molecular flexibility index (Phi) is 20.8. The Bertz CT molecular complexity index is 8550. The number of anilines is 12. The van der Waals surface area contributed by atoms with Gasteiger partial charge in [0.15, 0.2) is 0 Å². The van der Waals surface area contributed by atoms with Crippen LogP contribution in [0.5, 0.6) is 0 Å². The van der Waals surface area contributed by atoms with E-state index in [-0.39, 0.29) is 10.8 Å². The lowest BCUT2D eigenvalue weighted by Crippen LogP contribution is -2.26. The number of nitrogens with zero attached hydrogens (tertiary/aromatic N) is 4. The molecule has 4 aliphatic rings. The van der Waals surface area contributed by atoms with Crippen LogP contribution in [0, 0.1) is 0 Å². The molecule has 4 aliphatic carbocycles. The molecule has 0 amide bonds. The second-order valence-corrected chi connectivity index (χ2v) is 39.4. The standard InChI is InChI=1S/C139H100N4/c1-137(2)129-40-21-17-36-121(129)125-84-80-117(89-133(125)137)141(111-66-52-99(53-67-111)94-28-11-6-12-29-94)113-74-60-103(61-75-113)104-62-76-114(77-63-104)142(118-81-85-126-122-37-18-22-41-130(122)138(3,4)134(126)90-118)112-72-58-102(59-73-112)98-48-50-105(51-49-98)107-32-25-33-108(88-107)106-64-78-116(79-65-106)143(115-68-54-100(55-69-115)95-30-13-7-14-31-95)120-83-87-128-127-86-82-119(91-135(127)139(136(128)92-120)131-42-23-19-38-123(131)124-39-20-24-43-132(124)139)140(109-34-15-8-16-35-109)110-70-56-101(57-71-110)97-46-44-96(45-47-97)93-26-9-5-10-27-93/h5-92H,1-4H3. The maximum atomic E-state index is 2.51. The molecule has 0 saturated heterocycles. The van der Waals surface area contributed by atoms with E-state index in [1.807, 2.05) is 0 Å². The van der Waals surface area contributed by atoms with Gasteiger partial charge in [0.2, 0.25) is 0 Å². The Morgan fingerprint density at radius 1 is 0.112 bits per heavy atom. The van der Waals surface area contributed by atoms with E-state index in [0.717, 1.165) is 118 Å². The van der Waals surface area contributed by atoms with Gasteiger partial charge in [-0.2, -0.15) is 0 Å². The predicted molar refractivity (Wildman–Crippen MR) is 600 cm³/mol. The second kappa shape index (κ2) is 34.9. The minimum atomic E-state index is -0.665. The van der Waals surface area contributed by atoms with E-state index in [1.54, 1.807) is 0 Å². The molecule has 676 valence electrons. The molecule has 0 bridgehead atoms. The fourth-order valence-electron chi connectivity index (χ4n) is 23.5. The maximum Gasteiger partial charge on any atom is 0.0727 e. The molecule has 0 aromatic heterocycles. The minimum absolute atomic E-state index is 0.145. The van der Waals surface area contributed by atoms with Crippen LogP contribution in [-0.4, -0.2) is 0 Å². The largest absolute Gasteiger partial charge is 0.310 e. The first-order valence-corrected chi connectivity index (χ1v) is 49.8. The molecule has 22 aromatic carbocycles. The highest BCUT2D eigenvalue weighted by molar-refractivity contribution is 6.00. The molecule has 143 heavy (non-hydrogen) atoms. The van der Waals surface area contributed by atoms with Crippen LogP contribution in [0.4, 0.5) is 68.2 Å². The molecule has 26 rings (SSSR count). The van der Waals surface area contributed by atoms with E-state index < -0.39 is 5.41 Å². The van der Waals surface area contributed by atoms with Gasteiger partial charge in [0.25, 0.3) is 0 Å². The topological polar surface area (TPSA) is 13.0 Å². The van der Waals surface area contributed by atoms with Gasteiger partial charge < -0.3 is 19.6 Å². The van der Waals surface area contributed by atoms with Crippen LogP contribution in [0.15, 0.2) is 534 Å². The monoisotopic (exact) mass is 1820 g/mol. The Labute approximate surface area is 837 Å². The average molecular weight is 1830 g/mol. The molecular formula is C139H100N4. The Balaban J connectivity index is 0.500. The van der Waals surface area contributed by atoms with Gasteiger partial charge in [0.05, 0.1) is 5.41 Å². The van der Waals surface area contributed by atoms with Gasteiger partial charge in [-0.1, -0.05) is 410 Å². The average Bonchev–Trinajstić information content (AvgIpc) is 1.50. The van der Waals surface area contributed by atoms with Gasteiger partial charge in [-0.05, 0) is 330 Å². The number of fused-ring (bicyclic) bond motifs is 16. The first-order chi connectivity index (χ1) is 70.4. The summed E-state index contributed by atoms with van der Waals surface area (Å²) in [7, 11) is 0. The fourth-order valence-corrected chi connectivity index (χ4v) is 23.5. The normalized spacial score (nSPS) is 13.1. The molecule has 0 saturated carbocycles. The molecule has 0 aliphatic heterocycles. The zero-order chi connectivity index (χ0) is 95.4. The zero-order valence-electron chi connectivity index (χ0n) is 80.1. The third-order valence-electron chi connectivity index (χ3n) is 30.7. The Morgan fingerprint density at radius 2 is 0.280 bits per heavy atom. The Hall–Kier alpha value is -18.0. The fraction of sp³-hybridized carbons (Fsp3) is 0.0504. The van der Waals surface area contributed by atoms with Crippen LogP contribution in [0.2, 0.25) is 0 Å². The molecule has 0 fully saturated rings. The van der Waals surface area contributed by atoms with Gasteiger partial charge >= 0.3 is 0 Å². The first-order valence-electron chi connectivity index (χ1n) is 49.8. The van der Waals surface area contributed by atoms with Crippen molar-refractivity contribution in [1.29, 1.82) is 0 Å². The highest BCUT2D eigenvalue weighted by Gasteiger charge is 2.52. The Morgan fingerprint density at radius 3 is 0.545 bits per heavy atom. The minimum Gasteiger partial charge on any atom is -0.310 e. The number of hydrogen-bond acceptors (Lipinski definition) is 4. The molecule has 4 nitrogen and oxygen atoms in total. The summed E-state index contributed by atoms with van der Waals surface area (Å²) in [5.41, 5.74) is 51.4. The first kappa shape index (κ1) is 85.5. The number of hydrogen-bond donors (Lipinski definition) is 0. The van der Waals surface area contributed by atoms with Crippen LogP contribution in [-0.2, 0) is 16.2 Å². The highest BCUT2D eigenvalue weighted by atomic mass is 15.2. The molecule has 0 atom stereocenters. The van der Waals surface area contributed by atoms with Crippen LogP contribution >= 0.6 is 0 Å². The summed E-state index contributed by atoms with van der Waals surface area (Å²) in [6, 6.07) is 198. The van der Waals surface area contributed by atoms with Crippen molar-refractivity contribution in [2.24, 2.45) is 0 Å². The van der Waals surface area contributed by atoms with E-state index in [2.05, 4.69) is 581 Å². The summed E-state index contributed by atoms with van der Waals surface area (Å²) in [6.07, 6.45) is 0. The predicted octanol–water partition coefficient (Wildman–Crippen LogP) is 37.9. The number of rotatable bonds is 20. The third kappa shape index (κ3) is 14.7. The molecule has 0 unspecified atom stereocenters. The number of para-hydroxylation sites is 1. The molecule has 0 heterocycles. The van der Waals surface area contributed by atoms with Crippen molar-refractivity contribution in [3.63, 3.8) is 0 Å². The second-order valence-electron chi connectivity index (χ2n) is 39.4. The van der Waals surface area contributed by atoms with Crippen LogP contribution in [0.3, 0.4) is 0 Å². The van der Waals surface area contributed by atoms with Gasteiger partial charge in [0, 0.05) is 79.1 Å². The van der Waals surface area contributed by atoms with Gasteiger partial charge in [-0.25, -0.2) is 0 Å². The summed E-state index contributed by atoms with van der Waals surface area (Å²) in [4.78, 5) is 9.72. The van der Waals surface area contributed by atoms with Gasteiger partial charge in [-0.3, -0.25) is 0 Å². The van der Waals surface area contributed by atoms with Crippen molar-refractivity contribution in [2.45, 2.75) is 43.9 Å². The molecule has 22 aromatic rings. The van der Waals surface area contributed by atoms with Crippen molar-refractivity contribution in [3.8, 4) is 134 Å². The maximum absolute atomic E-state index is 2.51. The quantitative estimate of drug-likeness (QED) is 0.0754. The van der Waals surface area contributed by atoms with Crippen molar-refractivity contribution >= 4 is 68.2 Å². The van der Waals surface area contributed by atoms with E-state index >= 15 is 0 Å². The van der Waals surface area contributed by atoms with Crippen LogP contribution in [0.1, 0.15) is 72.2 Å². The van der Waals surface area contributed by atoms with E-state index in [0.29, 0.717) is 0 Å². The third-order valence-corrected chi connectivity index (χ3v) is 30.7. The molecule has 0 N–H and O–H groups in total. The summed E-state index contributed by atoms with van der Waals surface area (Å²) in [5.74, 6) is 0. The molecule has 4 heteroatoms. The summed E-state index contributed by atoms with van der Waals surface area (Å²) >= 11 is 0. The lowest BCUT2D eigenvalue weighted by molar-refractivity contribution is 0.660. The van der Waals surface area contributed by atoms with Crippen molar-refractivity contribution in [2.75, 3.05) is 19.6 Å². The lowest BCUT2D eigenvalue weighted by Gasteiger charge is -2.33. The van der Waals surface area contributed by atoms with Gasteiger partial charge in [0.1, 0.15) is 0 Å². The lowest BCUT2D eigenvalue weighted by atomic mass is 9.70. The molecular weight excluding hydrogens is 1730 g/mol. The zero-order valence-corrected chi connectivity index (χ0v) is 80.1. The van der Waals surface area contributed by atoms with Crippen molar-refractivity contribution in [3.05, 3.63) is 578 Å². The summed E-state index contributed by atoms with van der Waals surface area (Å²) < 4.78 is 0. The summed E-state index contributed by atoms with van der Waals surface area (Å²) in [6.45, 7) is 9.46. The van der Waals surface area contributed by atoms with Crippen LogP contribution in [0.25, 0.3) is 134 Å². The van der Waals surface area contributed by atoms with Gasteiger partial charge in [-0.15, -0.1) is 0 Å². The molecule has 1 spiro atoms. The molecule has 0 radical (unpaired) electrons. The van der Waals surface area contributed by atoms with E-state index in [1.165, 1.54) is 128 Å².